The van der Waals surface area contributed by atoms with Gasteiger partial charge in [-0.2, -0.15) is 4.98 Å². The van der Waals surface area contributed by atoms with Gasteiger partial charge >= 0.3 is 0 Å². The molecule has 8 heteroatoms. The third-order valence-electron chi connectivity index (χ3n) is 3.56. The van der Waals surface area contributed by atoms with Gasteiger partial charge in [-0.15, -0.1) is 0 Å². The predicted octanol–water partition coefficient (Wildman–Crippen LogP) is 2.67. The molecule has 0 unspecified atom stereocenters. The summed E-state index contributed by atoms with van der Waals surface area (Å²) in [6, 6.07) is 4.56. The number of morpholine rings is 1. The molecule has 122 valence electrons. The van der Waals surface area contributed by atoms with E-state index < -0.39 is 0 Å². The van der Waals surface area contributed by atoms with Crippen molar-refractivity contribution in [3.05, 3.63) is 41.1 Å². The van der Waals surface area contributed by atoms with Gasteiger partial charge in [0.05, 0.1) is 31.1 Å². The number of nitrogens with zero attached hydrogens (tertiary/aromatic N) is 4. The maximum absolute atomic E-state index is 12.9. The van der Waals surface area contributed by atoms with Crippen LogP contribution < -0.4 is 10.2 Å². The molecule has 1 aliphatic rings. The summed E-state index contributed by atoms with van der Waals surface area (Å²) < 4.78 is 18.3. The Hall–Kier alpha value is -1.99. The SMILES string of the molecule is C[C@H](Nc1nc(Cl)cc(N2CCOCC2)n1)c1ccc(F)cn1. The van der Waals surface area contributed by atoms with Crippen LogP contribution in [0.25, 0.3) is 0 Å². The van der Waals surface area contributed by atoms with E-state index in [0.29, 0.717) is 30.0 Å². The Bertz CT molecular complexity index is 663. The number of aromatic nitrogens is 3. The first-order chi connectivity index (χ1) is 11.1. The van der Waals surface area contributed by atoms with E-state index in [1.807, 2.05) is 6.92 Å². The van der Waals surface area contributed by atoms with Crippen molar-refractivity contribution >= 4 is 23.4 Å². The van der Waals surface area contributed by atoms with Gasteiger partial charge in [0.1, 0.15) is 16.8 Å². The molecule has 0 aliphatic carbocycles. The van der Waals surface area contributed by atoms with Gasteiger partial charge in [0, 0.05) is 19.2 Å². The van der Waals surface area contributed by atoms with Crippen LogP contribution in [0.2, 0.25) is 5.15 Å². The molecule has 0 radical (unpaired) electrons. The van der Waals surface area contributed by atoms with Crippen LogP contribution in [0.4, 0.5) is 16.2 Å². The maximum Gasteiger partial charge on any atom is 0.226 e. The highest BCUT2D eigenvalue weighted by molar-refractivity contribution is 6.29. The normalized spacial score (nSPS) is 16.2. The Balaban J connectivity index is 1.76. The molecule has 0 bridgehead atoms. The van der Waals surface area contributed by atoms with Crippen LogP contribution in [-0.4, -0.2) is 41.3 Å². The molecule has 3 rings (SSSR count). The fraction of sp³-hybridized carbons (Fsp3) is 0.400. The Labute approximate surface area is 138 Å². The van der Waals surface area contributed by atoms with Gasteiger partial charge in [-0.25, -0.2) is 9.37 Å². The van der Waals surface area contributed by atoms with Crippen LogP contribution in [0.5, 0.6) is 0 Å². The largest absolute Gasteiger partial charge is 0.378 e. The first kappa shape index (κ1) is 15.9. The number of hydrogen-bond acceptors (Lipinski definition) is 6. The smallest absolute Gasteiger partial charge is 0.226 e. The molecule has 0 amide bonds. The lowest BCUT2D eigenvalue weighted by Gasteiger charge is -2.28. The van der Waals surface area contributed by atoms with Gasteiger partial charge < -0.3 is 15.0 Å². The van der Waals surface area contributed by atoms with E-state index in [0.717, 1.165) is 18.9 Å². The Morgan fingerprint density at radius 1 is 1.30 bits per heavy atom. The van der Waals surface area contributed by atoms with E-state index in [1.54, 1.807) is 12.1 Å². The lowest BCUT2D eigenvalue weighted by atomic mass is 10.2. The van der Waals surface area contributed by atoms with Crippen molar-refractivity contribution in [1.29, 1.82) is 0 Å². The van der Waals surface area contributed by atoms with Crippen LogP contribution in [0.3, 0.4) is 0 Å². The first-order valence-electron chi connectivity index (χ1n) is 7.37. The van der Waals surface area contributed by atoms with E-state index in [4.69, 9.17) is 16.3 Å². The number of nitrogens with one attached hydrogen (secondary N) is 1. The van der Waals surface area contributed by atoms with Crippen molar-refractivity contribution in [3.63, 3.8) is 0 Å². The van der Waals surface area contributed by atoms with E-state index in [1.165, 1.54) is 12.3 Å². The van der Waals surface area contributed by atoms with Crippen LogP contribution in [0, 0.1) is 5.82 Å². The number of pyridine rings is 1. The van der Waals surface area contributed by atoms with Crippen LogP contribution >= 0.6 is 11.6 Å². The maximum atomic E-state index is 12.9. The second-order valence-electron chi connectivity index (χ2n) is 5.24. The van der Waals surface area contributed by atoms with Crippen molar-refractivity contribution < 1.29 is 9.13 Å². The highest BCUT2D eigenvalue weighted by atomic mass is 35.5. The fourth-order valence-electron chi connectivity index (χ4n) is 2.34. The standard InChI is InChI=1S/C15H17ClFN5O/c1-10(12-3-2-11(17)9-18-12)19-15-20-13(16)8-14(21-15)22-4-6-23-7-5-22/h2-3,8-10H,4-7H2,1H3,(H,19,20,21)/t10-/m0/s1. The summed E-state index contributed by atoms with van der Waals surface area (Å²) in [4.78, 5) is 14.9. The molecular weight excluding hydrogens is 321 g/mol. The minimum atomic E-state index is -0.366. The van der Waals surface area contributed by atoms with Crippen LogP contribution in [-0.2, 0) is 4.74 Å². The topological polar surface area (TPSA) is 63.2 Å². The van der Waals surface area contributed by atoms with Crippen LogP contribution in [0.15, 0.2) is 24.4 Å². The molecule has 3 heterocycles. The summed E-state index contributed by atoms with van der Waals surface area (Å²) in [6.45, 7) is 4.77. The van der Waals surface area contributed by atoms with E-state index in [2.05, 4.69) is 25.2 Å². The van der Waals surface area contributed by atoms with Crippen molar-refractivity contribution in [2.24, 2.45) is 0 Å². The molecule has 1 aliphatic heterocycles. The number of anilines is 2. The molecule has 1 N–H and O–H groups in total. The summed E-state index contributed by atoms with van der Waals surface area (Å²) >= 11 is 6.11. The molecule has 2 aromatic heterocycles. The quantitative estimate of drug-likeness (QED) is 0.865. The first-order valence-corrected chi connectivity index (χ1v) is 7.75. The third-order valence-corrected chi connectivity index (χ3v) is 3.75. The zero-order chi connectivity index (χ0) is 16.2. The second-order valence-corrected chi connectivity index (χ2v) is 5.63. The zero-order valence-corrected chi connectivity index (χ0v) is 13.4. The summed E-state index contributed by atoms with van der Waals surface area (Å²) in [5.41, 5.74) is 0.697. The monoisotopic (exact) mass is 337 g/mol. The molecular formula is C15H17ClFN5O. The van der Waals surface area contributed by atoms with Gasteiger partial charge in [0.2, 0.25) is 5.95 Å². The molecule has 2 aromatic rings. The predicted molar refractivity (Wildman–Crippen MR) is 86.3 cm³/mol. The Morgan fingerprint density at radius 3 is 2.78 bits per heavy atom. The zero-order valence-electron chi connectivity index (χ0n) is 12.7. The molecule has 23 heavy (non-hydrogen) atoms. The summed E-state index contributed by atoms with van der Waals surface area (Å²) in [6.07, 6.45) is 1.19. The molecule has 1 atom stereocenters. The molecule has 6 nitrogen and oxygen atoms in total. The van der Waals surface area contributed by atoms with Gasteiger partial charge in [-0.3, -0.25) is 4.98 Å². The number of ether oxygens (including phenoxy) is 1. The average Bonchev–Trinajstić information content (AvgIpc) is 2.55. The highest BCUT2D eigenvalue weighted by Gasteiger charge is 2.16. The lowest BCUT2D eigenvalue weighted by Crippen LogP contribution is -2.36. The Kier molecular flexibility index (Phi) is 4.88. The van der Waals surface area contributed by atoms with Crippen molar-refractivity contribution in [2.75, 3.05) is 36.5 Å². The van der Waals surface area contributed by atoms with Crippen molar-refractivity contribution in [2.45, 2.75) is 13.0 Å². The van der Waals surface area contributed by atoms with Crippen molar-refractivity contribution in [1.82, 2.24) is 15.0 Å². The van der Waals surface area contributed by atoms with E-state index in [9.17, 15) is 4.39 Å². The fourth-order valence-corrected chi connectivity index (χ4v) is 2.51. The van der Waals surface area contributed by atoms with E-state index in [-0.39, 0.29) is 11.9 Å². The number of hydrogen-bond donors (Lipinski definition) is 1. The van der Waals surface area contributed by atoms with Gasteiger partial charge in [-0.1, -0.05) is 11.6 Å². The summed E-state index contributed by atoms with van der Waals surface area (Å²) in [5.74, 6) is 0.808. The van der Waals surface area contributed by atoms with Crippen molar-refractivity contribution in [3.8, 4) is 0 Å². The summed E-state index contributed by atoms with van der Waals surface area (Å²) in [7, 11) is 0. The summed E-state index contributed by atoms with van der Waals surface area (Å²) in [5, 5.41) is 3.51. The number of halogens is 2. The average molecular weight is 338 g/mol. The van der Waals surface area contributed by atoms with E-state index >= 15 is 0 Å². The molecule has 1 fully saturated rings. The van der Waals surface area contributed by atoms with Gasteiger partial charge in [0.15, 0.2) is 0 Å². The third kappa shape index (κ3) is 4.05. The molecule has 0 saturated carbocycles. The Morgan fingerprint density at radius 2 is 2.09 bits per heavy atom. The van der Waals surface area contributed by atoms with Gasteiger partial charge in [0.25, 0.3) is 0 Å². The van der Waals surface area contributed by atoms with Gasteiger partial charge in [-0.05, 0) is 19.1 Å². The molecule has 0 aromatic carbocycles. The van der Waals surface area contributed by atoms with Crippen LogP contribution in [0.1, 0.15) is 18.7 Å². The molecule has 1 saturated heterocycles. The highest BCUT2D eigenvalue weighted by Crippen LogP contribution is 2.22. The molecule has 0 spiro atoms. The minimum Gasteiger partial charge on any atom is -0.378 e. The lowest BCUT2D eigenvalue weighted by molar-refractivity contribution is 0.122. The number of rotatable bonds is 4. The minimum absolute atomic E-state index is 0.174. The second kappa shape index (κ2) is 7.06.